The monoisotopic (exact) mass is 320 g/mol. The molecule has 0 fully saturated rings. The molecule has 0 spiro atoms. The van der Waals surface area contributed by atoms with E-state index in [2.05, 4.69) is 15.8 Å². The van der Waals surface area contributed by atoms with Gasteiger partial charge in [-0.05, 0) is 31.5 Å². The number of rotatable bonds is 4. The molecule has 1 aromatic carbocycles. The minimum absolute atomic E-state index is 0.125. The van der Waals surface area contributed by atoms with E-state index < -0.39 is 10.8 Å². The van der Waals surface area contributed by atoms with E-state index in [1.807, 2.05) is 6.92 Å². The summed E-state index contributed by atoms with van der Waals surface area (Å²) in [5.74, 6) is -0.523. The molecule has 114 valence electrons. The molecule has 1 heterocycles. The molecule has 1 amide bonds. The molecule has 2 rings (SSSR count). The summed E-state index contributed by atoms with van der Waals surface area (Å²) >= 11 is 5.99. The molecule has 0 bridgehead atoms. The van der Waals surface area contributed by atoms with Crippen molar-refractivity contribution >= 4 is 28.9 Å². The lowest BCUT2D eigenvalue weighted by Crippen LogP contribution is -2.30. The van der Waals surface area contributed by atoms with Crippen molar-refractivity contribution in [2.45, 2.75) is 13.8 Å². The molecule has 0 radical (unpaired) electrons. The molecule has 0 aliphatic heterocycles. The Balaban J connectivity index is 2.13. The van der Waals surface area contributed by atoms with E-state index in [9.17, 15) is 14.9 Å². The lowest BCUT2D eigenvalue weighted by Gasteiger charge is -2.10. The number of aryl methyl sites for hydroxylation is 2. The van der Waals surface area contributed by atoms with Crippen LogP contribution < -0.4 is 10.9 Å². The Bertz CT molecular complexity index is 749. The number of hydrogen-bond donors (Lipinski definition) is 2. The third-order valence-corrected chi connectivity index (χ3v) is 3.43. The Labute approximate surface area is 131 Å². The van der Waals surface area contributed by atoms with Gasteiger partial charge in [-0.2, -0.15) is 0 Å². The molecule has 7 nitrogen and oxygen atoms in total. The number of amides is 1. The molecule has 22 heavy (non-hydrogen) atoms. The van der Waals surface area contributed by atoms with E-state index in [4.69, 9.17) is 11.6 Å². The van der Waals surface area contributed by atoms with Crippen LogP contribution in [0.3, 0.4) is 0 Å². The van der Waals surface area contributed by atoms with Crippen molar-refractivity contribution in [3.8, 4) is 0 Å². The largest absolute Gasteiger partial charge is 0.298 e. The van der Waals surface area contributed by atoms with Gasteiger partial charge in [0.2, 0.25) is 0 Å². The first-order chi connectivity index (χ1) is 10.4. The summed E-state index contributed by atoms with van der Waals surface area (Å²) in [5, 5.41) is 11.3. The van der Waals surface area contributed by atoms with Crippen LogP contribution in [0.2, 0.25) is 5.02 Å². The Hall–Kier alpha value is -2.67. The zero-order valence-electron chi connectivity index (χ0n) is 11.9. The van der Waals surface area contributed by atoms with Crippen molar-refractivity contribution in [1.29, 1.82) is 0 Å². The lowest BCUT2D eigenvalue weighted by molar-refractivity contribution is -0.385. The van der Waals surface area contributed by atoms with Crippen LogP contribution in [0.1, 0.15) is 21.6 Å². The smallest absolute Gasteiger partial charge is 0.288 e. The summed E-state index contributed by atoms with van der Waals surface area (Å²) < 4.78 is 0. The second-order valence-corrected chi connectivity index (χ2v) is 5.03. The molecular weight excluding hydrogens is 308 g/mol. The van der Waals surface area contributed by atoms with E-state index in [1.165, 1.54) is 6.07 Å². The van der Waals surface area contributed by atoms with Gasteiger partial charge in [0.05, 0.1) is 21.9 Å². The minimum Gasteiger partial charge on any atom is -0.298 e. The van der Waals surface area contributed by atoms with Gasteiger partial charge in [0.1, 0.15) is 6.20 Å². The van der Waals surface area contributed by atoms with E-state index >= 15 is 0 Å². The van der Waals surface area contributed by atoms with Gasteiger partial charge < -0.3 is 0 Å². The molecule has 0 atom stereocenters. The average Bonchev–Trinajstić information content (AvgIpc) is 2.48. The van der Waals surface area contributed by atoms with Gasteiger partial charge in [0.25, 0.3) is 11.6 Å². The molecule has 8 heteroatoms. The van der Waals surface area contributed by atoms with Crippen molar-refractivity contribution in [1.82, 2.24) is 10.4 Å². The number of pyridine rings is 1. The number of aromatic nitrogens is 1. The first kappa shape index (κ1) is 15.7. The van der Waals surface area contributed by atoms with Crippen molar-refractivity contribution in [3.63, 3.8) is 0 Å². The highest BCUT2D eigenvalue weighted by atomic mass is 35.5. The quantitative estimate of drug-likeness (QED) is 0.666. The molecular formula is C14H13ClN4O3. The van der Waals surface area contributed by atoms with Crippen LogP contribution in [-0.2, 0) is 0 Å². The maximum absolute atomic E-state index is 12.1. The fourth-order valence-corrected chi connectivity index (χ4v) is 1.90. The summed E-state index contributed by atoms with van der Waals surface area (Å²) in [5.41, 5.74) is 6.95. The lowest BCUT2D eigenvalue weighted by atomic mass is 10.2. The zero-order chi connectivity index (χ0) is 16.3. The number of hydrogen-bond acceptors (Lipinski definition) is 5. The van der Waals surface area contributed by atoms with Crippen LogP contribution in [0.4, 0.5) is 11.4 Å². The highest BCUT2D eigenvalue weighted by Crippen LogP contribution is 2.19. The molecule has 2 aromatic rings. The number of carbonyl (C=O) groups is 1. The van der Waals surface area contributed by atoms with Gasteiger partial charge in [-0.25, -0.2) is 0 Å². The standard InChI is InChI=1S/C14H13ClN4O3/c1-8-3-4-10(5-13(8)15)17-18-14(20)12-6-11(19(21)22)7-16-9(12)2/h3-7,17H,1-2H3,(H,18,20). The van der Waals surface area contributed by atoms with E-state index in [1.54, 1.807) is 25.1 Å². The number of nitrogens with one attached hydrogen (secondary N) is 2. The molecule has 1 aromatic heterocycles. The Kier molecular flexibility index (Phi) is 4.57. The van der Waals surface area contributed by atoms with E-state index in [-0.39, 0.29) is 11.3 Å². The Morgan fingerprint density at radius 3 is 2.68 bits per heavy atom. The van der Waals surface area contributed by atoms with Crippen molar-refractivity contribution in [3.05, 3.63) is 62.4 Å². The maximum atomic E-state index is 12.1. The van der Waals surface area contributed by atoms with Crippen LogP contribution in [0.25, 0.3) is 0 Å². The van der Waals surface area contributed by atoms with E-state index in [0.29, 0.717) is 16.4 Å². The van der Waals surface area contributed by atoms with Crippen LogP contribution in [0.15, 0.2) is 30.5 Å². The Morgan fingerprint density at radius 1 is 1.32 bits per heavy atom. The molecule has 0 unspecified atom stereocenters. The van der Waals surface area contributed by atoms with Crippen LogP contribution in [0, 0.1) is 24.0 Å². The second-order valence-electron chi connectivity index (χ2n) is 4.63. The number of anilines is 1. The SMILES string of the molecule is Cc1ccc(NNC(=O)c2cc([N+](=O)[O-])cnc2C)cc1Cl. The zero-order valence-corrected chi connectivity index (χ0v) is 12.6. The number of hydrazine groups is 1. The van der Waals surface area contributed by atoms with Crippen molar-refractivity contribution in [2.75, 3.05) is 5.43 Å². The van der Waals surface area contributed by atoms with Gasteiger partial charge in [0, 0.05) is 11.1 Å². The summed E-state index contributed by atoms with van der Waals surface area (Å²) in [6.07, 6.45) is 1.11. The molecule has 0 aliphatic carbocycles. The van der Waals surface area contributed by atoms with Crippen molar-refractivity contribution < 1.29 is 9.72 Å². The number of nitro groups is 1. The van der Waals surface area contributed by atoms with Crippen molar-refractivity contribution in [2.24, 2.45) is 0 Å². The normalized spacial score (nSPS) is 10.1. The second kappa shape index (κ2) is 6.40. The molecule has 0 saturated heterocycles. The van der Waals surface area contributed by atoms with Gasteiger partial charge in [0.15, 0.2) is 0 Å². The molecule has 2 N–H and O–H groups in total. The first-order valence-corrected chi connectivity index (χ1v) is 6.70. The number of nitrogens with zero attached hydrogens (tertiary/aromatic N) is 2. The fourth-order valence-electron chi connectivity index (χ4n) is 1.72. The van der Waals surface area contributed by atoms with E-state index in [0.717, 1.165) is 11.8 Å². The molecule has 0 saturated carbocycles. The fraction of sp³-hybridized carbons (Fsp3) is 0.143. The highest BCUT2D eigenvalue weighted by Gasteiger charge is 2.15. The Morgan fingerprint density at radius 2 is 2.05 bits per heavy atom. The first-order valence-electron chi connectivity index (χ1n) is 6.32. The summed E-state index contributed by atoms with van der Waals surface area (Å²) in [7, 11) is 0. The van der Waals surface area contributed by atoms with Gasteiger partial charge in [-0.15, -0.1) is 0 Å². The van der Waals surface area contributed by atoms with Crippen LogP contribution in [0.5, 0.6) is 0 Å². The van der Waals surface area contributed by atoms with Crippen LogP contribution in [-0.4, -0.2) is 15.8 Å². The van der Waals surface area contributed by atoms with Gasteiger partial charge in [-0.1, -0.05) is 17.7 Å². The predicted molar refractivity (Wildman–Crippen MR) is 82.9 cm³/mol. The third-order valence-electron chi connectivity index (χ3n) is 3.02. The average molecular weight is 321 g/mol. The molecule has 0 aliphatic rings. The summed E-state index contributed by atoms with van der Waals surface area (Å²) in [6.45, 7) is 3.46. The highest BCUT2D eigenvalue weighted by molar-refractivity contribution is 6.31. The summed E-state index contributed by atoms with van der Waals surface area (Å²) in [6, 6.07) is 6.40. The minimum atomic E-state index is -0.601. The van der Waals surface area contributed by atoms with Gasteiger partial charge >= 0.3 is 0 Å². The van der Waals surface area contributed by atoms with Crippen LogP contribution >= 0.6 is 11.6 Å². The topological polar surface area (TPSA) is 97.2 Å². The number of benzene rings is 1. The number of carbonyl (C=O) groups excluding carboxylic acids is 1. The summed E-state index contributed by atoms with van der Waals surface area (Å²) in [4.78, 5) is 26.1. The van der Waals surface area contributed by atoms with Gasteiger partial charge in [-0.3, -0.25) is 30.7 Å². The number of halogens is 1. The third kappa shape index (κ3) is 3.50. The predicted octanol–water partition coefficient (Wildman–Crippen LogP) is 3.02. The maximum Gasteiger partial charge on any atom is 0.288 e.